The number of nitrogens with two attached hydrogens (primary N) is 1. The van der Waals surface area contributed by atoms with Crippen LogP contribution < -0.4 is 5.73 Å². The standard InChI is InChI=1S/C7H12N2O4/c1-12-7(11)9-2-5(3-9)4-13-6(8)10/h5H,2-4H2,1H3,(H2,8,10). The number of nitrogens with zero attached hydrogens (tertiary/aromatic N) is 1. The zero-order chi connectivity index (χ0) is 9.84. The minimum absolute atomic E-state index is 0.187. The van der Waals surface area contributed by atoms with Gasteiger partial charge in [-0.25, -0.2) is 9.59 Å². The van der Waals surface area contributed by atoms with Crippen molar-refractivity contribution >= 4 is 12.2 Å². The molecule has 6 heteroatoms. The summed E-state index contributed by atoms with van der Waals surface area (Å²) in [6, 6.07) is 0. The average molecular weight is 188 g/mol. The highest BCUT2D eigenvalue weighted by molar-refractivity contribution is 5.68. The molecule has 1 aliphatic rings. The highest BCUT2D eigenvalue weighted by atomic mass is 16.6. The smallest absolute Gasteiger partial charge is 0.409 e. The quantitative estimate of drug-likeness (QED) is 0.649. The van der Waals surface area contributed by atoms with Crippen molar-refractivity contribution in [1.82, 2.24) is 4.90 Å². The third-order valence-corrected chi connectivity index (χ3v) is 1.85. The molecule has 1 heterocycles. The van der Waals surface area contributed by atoms with Crippen molar-refractivity contribution in [2.45, 2.75) is 0 Å². The van der Waals surface area contributed by atoms with E-state index in [1.807, 2.05) is 0 Å². The van der Waals surface area contributed by atoms with E-state index in [1.165, 1.54) is 12.0 Å². The van der Waals surface area contributed by atoms with Crippen LogP contribution in [0.4, 0.5) is 9.59 Å². The first-order valence-corrected chi connectivity index (χ1v) is 3.88. The number of amides is 2. The Morgan fingerprint density at radius 2 is 2.15 bits per heavy atom. The van der Waals surface area contributed by atoms with E-state index in [9.17, 15) is 9.59 Å². The zero-order valence-corrected chi connectivity index (χ0v) is 7.36. The lowest BCUT2D eigenvalue weighted by Crippen LogP contribution is -2.51. The summed E-state index contributed by atoms with van der Waals surface area (Å²) < 4.78 is 9.05. The topological polar surface area (TPSA) is 81.9 Å². The number of ether oxygens (including phenoxy) is 2. The molecule has 13 heavy (non-hydrogen) atoms. The van der Waals surface area contributed by atoms with Gasteiger partial charge in [-0.3, -0.25) is 0 Å². The molecule has 2 N–H and O–H groups in total. The lowest BCUT2D eigenvalue weighted by Gasteiger charge is -2.37. The second kappa shape index (κ2) is 3.97. The van der Waals surface area contributed by atoms with Gasteiger partial charge in [0.05, 0.1) is 13.7 Å². The number of carbonyl (C=O) groups excluding carboxylic acids is 2. The molecule has 1 aliphatic heterocycles. The molecular weight excluding hydrogens is 176 g/mol. The molecule has 1 rings (SSSR count). The molecule has 74 valence electrons. The number of hydrogen-bond donors (Lipinski definition) is 1. The number of hydrogen-bond acceptors (Lipinski definition) is 4. The van der Waals surface area contributed by atoms with Crippen molar-refractivity contribution in [2.75, 3.05) is 26.8 Å². The van der Waals surface area contributed by atoms with E-state index in [1.54, 1.807) is 0 Å². The van der Waals surface area contributed by atoms with E-state index in [2.05, 4.69) is 9.47 Å². The molecule has 0 spiro atoms. The van der Waals surface area contributed by atoms with Crippen LogP contribution in [-0.2, 0) is 9.47 Å². The summed E-state index contributed by atoms with van der Waals surface area (Å²) >= 11 is 0. The minimum atomic E-state index is -0.781. The van der Waals surface area contributed by atoms with Crippen LogP contribution in [0.15, 0.2) is 0 Å². The van der Waals surface area contributed by atoms with E-state index in [0.29, 0.717) is 13.1 Å². The molecule has 0 aliphatic carbocycles. The first-order valence-electron chi connectivity index (χ1n) is 3.88. The van der Waals surface area contributed by atoms with Gasteiger partial charge in [-0.15, -0.1) is 0 Å². The van der Waals surface area contributed by atoms with Gasteiger partial charge in [0.2, 0.25) is 0 Å². The van der Waals surface area contributed by atoms with E-state index >= 15 is 0 Å². The molecule has 0 aromatic rings. The molecule has 0 aromatic heterocycles. The summed E-state index contributed by atoms with van der Waals surface area (Å²) in [5, 5.41) is 0. The Hall–Kier alpha value is -1.46. The normalized spacial score (nSPS) is 16.2. The van der Waals surface area contributed by atoms with Gasteiger partial charge in [-0.2, -0.15) is 0 Å². The molecule has 1 saturated heterocycles. The van der Waals surface area contributed by atoms with Gasteiger partial charge in [-0.05, 0) is 0 Å². The van der Waals surface area contributed by atoms with Gasteiger partial charge >= 0.3 is 12.2 Å². The van der Waals surface area contributed by atoms with E-state index in [0.717, 1.165) is 0 Å². The van der Waals surface area contributed by atoms with Gasteiger partial charge in [0.15, 0.2) is 0 Å². The molecule has 1 fully saturated rings. The molecule has 6 nitrogen and oxygen atoms in total. The predicted molar refractivity (Wildman–Crippen MR) is 43.0 cm³/mol. The fourth-order valence-corrected chi connectivity index (χ4v) is 1.15. The second-order valence-electron chi connectivity index (χ2n) is 2.87. The van der Waals surface area contributed by atoms with Gasteiger partial charge in [0.25, 0.3) is 0 Å². The molecule has 0 radical (unpaired) electrons. The third kappa shape index (κ3) is 2.50. The maximum atomic E-state index is 10.8. The van der Waals surface area contributed by atoms with Crippen LogP contribution >= 0.6 is 0 Å². The zero-order valence-electron chi connectivity index (χ0n) is 7.36. The van der Waals surface area contributed by atoms with Crippen molar-refractivity contribution in [3.05, 3.63) is 0 Å². The van der Waals surface area contributed by atoms with Crippen molar-refractivity contribution in [1.29, 1.82) is 0 Å². The summed E-state index contributed by atoms with van der Waals surface area (Å²) in [5.74, 6) is 0.187. The van der Waals surface area contributed by atoms with Gasteiger partial charge < -0.3 is 20.1 Å². The number of rotatable bonds is 2. The fraction of sp³-hybridized carbons (Fsp3) is 0.714. The molecule has 0 unspecified atom stereocenters. The molecule has 0 saturated carbocycles. The summed E-state index contributed by atoms with van der Waals surface area (Å²) in [6.07, 6.45) is -1.13. The van der Waals surface area contributed by atoms with Crippen molar-refractivity contribution < 1.29 is 19.1 Å². The highest BCUT2D eigenvalue weighted by Gasteiger charge is 2.31. The van der Waals surface area contributed by atoms with E-state index in [-0.39, 0.29) is 18.6 Å². The van der Waals surface area contributed by atoms with Crippen molar-refractivity contribution in [3.8, 4) is 0 Å². The van der Waals surface area contributed by atoms with E-state index in [4.69, 9.17) is 5.73 Å². The maximum Gasteiger partial charge on any atom is 0.409 e. The Bertz CT molecular complexity index is 213. The Morgan fingerprint density at radius 3 is 2.62 bits per heavy atom. The van der Waals surface area contributed by atoms with Crippen molar-refractivity contribution in [3.63, 3.8) is 0 Å². The van der Waals surface area contributed by atoms with Crippen LogP contribution in [0, 0.1) is 5.92 Å². The SMILES string of the molecule is COC(=O)N1CC(COC(N)=O)C1. The van der Waals surface area contributed by atoms with Crippen LogP contribution in [0.1, 0.15) is 0 Å². The second-order valence-corrected chi connectivity index (χ2v) is 2.87. The maximum absolute atomic E-state index is 10.8. The Balaban J connectivity index is 2.11. The first-order chi connectivity index (χ1) is 6.13. The molecule has 0 aromatic carbocycles. The Morgan fingerprint density at radius 1 is 1.54 bits per heavy atom. The first kappa shape index (κ1) is 9.63. The summed E-state index contributed by atoms with van der Waals surface area (Å²) in [6.45, 7) is 1.38. The molecule has 0 atom stereocenters. The largest absolute Gasteiger partial charge is 0.453 e. The fourth-order valence-electron chi connectivity index (χ4n) is 1.15. The predicted octanol–water partition coefficient (Wildman–Crippen LogP) is -0.220. The number of likely N-dealkylation sites (tertiary alicyclic amines) is 1. The van der Waals surface area contributed by atoms with Crippen molar-refractivity contribution in [2.24, 2.45) is 11.7 Å². The van der Waals surface area contributed by atoms with Crippen LogP contribution in [0.5, 0.6) is 0 Å². The highest BCUT2D eigenvalue weighted by Crippen LogP contribution is 2.16. The summed E-state index contributed by atoms with van der Waals surface area (Å²) in [4.78, 5) is 22.6. The average Bonchev–Trinajstić information content (AvgIpc) is 2.00. The molecule has 2 amide bonds. The lowest BCUT2D eigenvalue weighted by atomic mass is 10.0. The molecular formula is C7H12N2O4. The summed E-state index contributed by atoms with van der Waals surface area (Å²) in [5.41, 5.74) is 4.77. The van der Waals surface area contributed by atoms with Crippen LogP contribution in [0.3, 0.4) is 0 Å². The van der Waals surface area contributed by atoms with Crippen LogP contribution in [0.25, 0.3) is 0 Å². The van der Waals surface area contributed by atoms with E-state index < -0.39 is 6.09 Å². The molecule has 0 bridgehead atoms. The number of methoxy groups -OCH3 is 1. The third-order valence-electron chi connectivity index (χ3n) is 1.85. The summed E-state index contributed by atoms with van der Waals surface area (Å²) in [7, 11) is 1.33. The van der Waals surface area contributed by atoms with Crippen LogP contribution in [-0.4, -0.2) is 43.9 Å². The monoisotopic (exact) mass is 188 g/mol. The van der Waals surface area contributed by atoms with Gasteiger partial charge in [0, 0.05) is 19.0 Å². The Labute approximate surface area is 75.6 Å². The number of carbonyl (C=O) groups is 2. The van der Waals surface area contributed by atoms with Gasteiger partial charge in [-0.1, -0.05) is 0 Å². The minimum Gasteiger partial charge on any atom is -0.453 e. The van der Waals surface area contributed by atoms with Gasteiger partial charge in [0.1, 0.15) is 0 Å². The van der Waals surface area contributed by atoms with Crippen LogP contribution in [0.2, 0.25) is 0 Å². The number of primary amides is 1. The Kier molecular flexibility index (Phi) is 2.94. The lowest BCUT2D eigenvalue weighted by molar-refractivity contribution is 0.0368.